The van der Waals surface area contributed by atoms with E-state index in [0.29, 0.717) is 6.42 Å². The van der Waals surface area contributed by atoms with E-state index in [2.05, 4.69) is 58.4 Å². The highest BCUT2D eigenvalue weighted by molar-refractivity contribution is 5.90. The van der Waals surface area contributed by atoms with Crippen molar-refractivity contribution in [3.63, 3.8) is 0 Å². The minimum Gasteiger partial charge on any atom is -0.359 e. The number of hydrogen-bond acceptors (Lipinski definition) is 1. The number of aromatic nitrogens is 1. The number of benzene rings is 2. The van der Waals surface area contributed by atoms with Crippen molar-refractivity contribution in [1.29, 1.82) is 0 Å². The van der Waals surface area contributed by atoms with E-state index in [9.17, 15) is 4.79 Å². The molecule has 1 amide bonds. The predicted octanol–water partition coefficient (Wildman–Crippen LogP) is 5.49. The molecule has 3 heteroatoms. The van der Waals surface area contributed by atoms with Crippen LogP contribution >= 0.6 is 0 Å². The highest BCUT2D eigenvalue weighted by atomic mass is 16.1. The molecule has 2 aromatic carbocycles. The van der Waals surface area contributed by atoms with Crippen molar-refractivity contribution in [2.75, 3.05) is 7.05 Å². The quantitative estimate of drug-likeness (QED) is 0.545. The fourth-order valence-electron chi connectivity index (χ4n) is 4.56. The number of carbonyl (C=O) groups excluding carboxylic acids is 1. The molecular formula is C25H30N2O. The van der Waals surface area contributed by atoms with E-state index in [4.69, 9.17) is 0 Å². The summed E-state index contributed by atoms with van der Waals surface area (Å²) in [6, 6.07) is 17.7. The number of aryl methyl sites for hydroxylation is 2. The van der Waals surface area contributed by atoms with Gasteiger partial charge >= 0.3 is 0 Å². The third-order valence-electron chi connectivity index (χ3n) is 6.05. The zero-order valence-corrected chi connectivity index (χ0v) is 16.8. The lowest BCUT2D eigenvalue weighted by Crippen LogP contribution is -2.17. The predicted molar refractivity (Wildman–Crippen MR) is 117 cm³/mol. The Bertz CT molecular complexity index is 956. The van der Waals surface area contributed by atoms with E-state index in [0.717, 1.165) is 25.8 Å². The fourth-order valence-corrected chi connectivity index (χ4v) is 4.56. The Kier molecular flexibility index (Phi) is 5.80. The first-order valence-electron chi connectivity index (χ1n) is 10.7. The maximum Gasteiger partial charge on any atom is 0.219 e. The summed E-state index contributed by atoms with van der Waals surface area (Å²) in [5.74, 6) is 0.150. The van der Waals surface area contributed by atoms with Gasteiger partial charge in [-0.25, -0.2) is 0 Å². The van der Waals surface area contributed by atoms with E-state index in [-0.39, 0.29) is 5.91 Å². The van der Waals surface area contributed by atoms with E-state index in [1.165, 1.54) is 47.7 Å². The highest BCUT2D eigenvalue weighted by Crippen LogP contribution is 2.35. The molecule has 4 rings (SSSR count). The molecule has 1 aliphatic carbocycles. The van der Waals surface area contributed by atoms with Gasteiger partial charge in [0.1, 0.15) is 0 Å². The van der Waals surface area contributed by atoms with Crippen LogP contribution in [0.4, 0.5) is 0 Å². The smallest absolute Gasteiger partial charge is 0.219 e. The maximum atomic E-state index is 11.4. The number of fused-ring (bicyclic) bond motifs is 3. The number of nitrogens with zero attached hydrogens (tertiary/aromatic N) is 1. The lowest BCUT2D eigenvalue weighted by molar-refractivity contribution is -0.120. The normalized spacial score (nSPS) is 13.5. The van der Waals surface area contributed by atoms with Crippen LogP contribution < -0.4 is 5.32 Å². The Morgan fingerprint density at radius 3 is 2.61 bits per heavy atom. The van der Waals surface area contributed by atoms with Crippen LogP contribution in [0.2, 0.25) is 0 Å². The van der Waals surface area contributed by atoms with Gasteiger partial charge < -0.3 is 9.88 Å². The molecule has 0 atom stereocenters. The number of rotatable bonds is 7. The van der Waals surface area contributed by atoms with Crippen LogP contribution in [0.15, 0.2) is 48.5 Å². The molecular weight excluding hydrogens is 344 g/mol. The first-order chi connectivity index (χ1) is 13.8. The van der Waals surface area contributed by atoms with Crippen molar-refractivity contribution in [1.82, 2.24) is 9.88 Å². The number of carbonyl (C=O) groups is 1. The average molecular weight is 375 g/mol. The van der Waals surface area contributed by atoms with Crippen molar-refractivity contribution >= 4 is 16.8 Å². The lowest BCUT2D eigenvalue weighted by atomic mass is 9.94. The molecule has 28 heavy (non-hydrogen) atoms. The lowest BCUT2D eigenvalue weighted by Gasteiger charge is -2.16. The fraction of sp³-hybridized carbons (Fsp3) is 0.400. The van der Waals surface area contributed by atoms with Crippen molar-refractivity contribution in [3.05, 3.63) is 59.8 Å². The van der Waals surface area contributed by atoms with Gasteiger partial charge in [0.25, 0.3) is 0 Å². The molecule has 1 heterocycles. The van der Waals surface area contributed by atoms with Gasteiger partial charge in [-0.2, -0.15) is 0 Å². The molecule has 146 valence electrons. The molecule has 1 aliphatic rings. The molecule has 0 spiro atoms. The Morgan fingerprint density at radius 1 is 0.964 bits per heavy atom. The van der Waals surface area contributed by atoms with Crippen LogP contribution in [-0.4, -0.2) is 17.5 Å². The number of amides is 1. The van der Waals surface area contributed by atoms with Crippen LogP contribution in [0, 0.1) is 0 Å². The second-order valence-corrected chi connectivity index (χ2v) is 7.87. The van der Waals surface area contributed by atoms with E-state index in [1.54, 1.807) is 18.3 Å². The van der Waals surface area contributed by atoms with Gasteiger partial charge in [-0.05, 0) is 67.3 Å². The molecule has 3 nitrogen and oxygen atoms in total. The molecule has 1 N–H and O–H groups in total. The number of unbranched alkanes of at least 4 members (excludes halogenated alkanes) is 2. The van der Waals surface area contributed by atoms with Crippen LogP contribution in [-0.2, 0) is 24.2 Å². The molecule has 0 bridgehead atoms. The second-order valence-electron chi connectivity index (χ2n) is 7.87. The van der Waals surface area contributed by atoms with Gasteiger partial charge in [-0.1, -0.05) is 42.8 Å². The van der Waals surface area contributed by atoms with Gasteiger partial charge in [0.15, 0.2) is 0 Å². The Hall–Kier alpha value is -2.55. The van der Waals surface area contributed by atoms with Gasteiger partial charge in [-0.3, -0.25) is 4.79 Å². The third kappa shape index (κ3) is 3.84. The summed E-state index contributed by atoms with van der Waals surface area (Å²) >= 11 is 0. The molecule has 0 radical (unpaired) electrons. The summed E-state index contributed by atoms with van der Waals surface area (Å²) < 4.78 is 2.57. The van der Waals surface area contributed by atoms with Crippen LogP contribution in [0.1, 0.15) is 49.8 Å². The van der Waals surface area contributed by atoms with Gasteiger partial charge in [-0.15, -0.1) is 0 Å². The summed E-state index contributed by atoms with van der Waals surface area (Å²) in [5, 5.41) is 4.15. The number of hydrogen-bond donors (Lipinski definition) is 1. The zero-order valence-electron chi connectivity index (χ0n) is 16.8. The van der Waals surface area contributed by atoms with E-state index >= 15 is 0 Å². The molecule has 0 saturated carbocycles. The summed E-state index contributed by atoms with van der Waals surface area (Å²) in [7, 11) is 1.71. The van der Waals surface area contributed by atoms with E-state index < -0.39 is 0 Å². The van der Waals surface area contributed by atoms with Crippen molar-refractivity contribution in [2.45, 2.75) is 57.9 Å². The van der Waals surface area contributed by atoms with Crippen LogP contribution in [0.25, 0.3) is 22.0 Å². The van der Waals surface area contributed by atoms with Crippen molar-refractivity contribution in [3.8, 4) is 11.1 Å². The largest absolute Gasteiger partial charge is 0.359 e. The molecule has 0 fully saturated rings. The summed E-state index contributed by atoms with van der Waals surface area (Å²) in [6.45, 7) is 1.06. The van der Waals surface area contributed by atoms with Crippen LogP contribution in [0.5, 0.6) is 0 Å². The molecule has 3 aromatic rings. The molecule has 0 saturated heterocycles. The Balaban J connectivity index is 1.59. The first-order valence-corrected chi connectivity index (χ1v) is 10.7. The minimum atomic E-state index is 0.150. The topological polar surface area (TPSA) is 34.0 Å². The van der Waals surface area contributed by atoms with Crippen molar-refractivity contribution < 1.29 is 4.79 Å². The van der Waals surface area contributed by atoms with Gasteiger partial charge in [0.05, 0.1) is 0 Å². The zero-order chi connectivity index (χ0) is 19.3. The van der Waals surface area contributed by atoms with Gasteiger partial charge in [0.2, 0.25) is 5.91 Å². The summed E-state index contributed by atoms with van der Waals surface area (Å²) in [5.41, 5.74) is 7.11. The second kappa shape index (κ2) is 8.64. The highest BCUT2D eigenvalue weighted by Gasteiger charge is 2.20. The average Bonchev–Trinajstić information content (AvgIpc) is 3.07. The molecule has 0 unspecified atom stereocenters. The number of nitrogens with one attached hydrogen (secondary N) is 1. The minimum absolute atomic E-state index is 0.150. The van der Waals surface area contributed by atoms with Crippen molar-refractivity contribution in [2.24, 2.45) is 0 Å². The molecule has 1 aromatic heterocycles. The Morgan fingerprint density at radius 2 is 1.79 bits per heavy atom. The van der Waals surface area contributed by atoms with E-state index in [1.807, 2.05) is 0 Å². The summed E-state index contributed by atoms with van der Waals surface area (Å²) in [4.78, 5) is 11.4. The third-order valence-corrected chi connectivity index (χ3v) is 6.05. The van der Waals surface area contributed by atoms with Gasteiger partial charge in [0, 0.05) is 36.6 Å². The van der Waals surface area contributed by atoms with Crippen LogP contribution in [0.3, 0.4) is 0 Å². The standard InChI is InChI=1S/C25H30N2O/c1-26-25(28)14-6-3-9-17-27-23-13-8-7-12-21(23)22-18-20(15-16-24(22)27)19-10-4-2-5-11-19/h2,4-5,10-11,15-16,18H,3,6-9,12-14,17H2,1H3,(H,26,28). The SMILES string of the molecule is CNC(=O)CCCCCn1c2c(c3cc(-c4ccccc4)ccc31)CCCC2. The summed E-state index contributed by atoms with van der Waals surface area (Å²) in [6.07, 6.45) is 8.84. The molecule has 0 aliphatic heterocycles. The monoisotopic (exact) mass is 374 g/mol. The Labute approximate surface area is 167 Å². The maximum absolute atomic E-state index is 11.4. The first kappa shape index (κ1) is 18.8.